The summed E-state index contributed by atoms with van der Waals surface area (Å²) in [7, 11) is 1.94. The topological polar surface area (TPSA) is 30.5 Å². The zero-order valence-electron chi connectivity index (χ0n) is 10.0. The van der Waals surface area contributed by atoms with Crippen LogP contribution in [0, 0.1) is 0 Å². The molecule has 0 aromatic heterocycles. The fourth-order valence-electron chi connectivity index (χ4n) is 1.93. The molecule has 1 heterocycles. The van der Waals surface area contributed by atoms with Gasteiger partial charge in [-0.25, -0.2) is 0 Å². The highest BCUT2D eigenvalue weighted by Gasteiger charge is 2.16. The molecule has 1 unspecified atom stereocenters. The lowest BCUT2D eigenvalue weighted by molar-refractivity contribution is 0.0677. The fourth-order valence-corrected chi connectivity index (χ4v) is 2.47. The molecule has 0 spiro atoms. The second kappa shape index (κ2) is 6.38. The Balaban J connectivity index is 1.91. The predicted octanol–water partition coefficient (Wildman–Crippen LogP) is 2.73. The minimum Gasteiger partial charge on any atom is -0.490 e. The van der Waals surface area contributed by atoms with E-state index in [4.69, 9.17) is 9.47 Å². The minimum absolute atomic E-state index is 0.263. The quantitative estimate of drug-likeness (QED) is 0.907. The van der Waals surface area contributed by atoms with Crippen molar-refractivity contribution in [1.29, 1.82) is 0 Å². The number of hydrogen-bond acceptors (Lipinski definition) is 3. The van der Waals surface area contributed by atoms with Crippen LogP contribution in [0.15, 0.2) is 22.7 Å². The molecule has 1 aliphatic rings. The maximum Gasteiger partial charge on any atom is 0.133 e. The summed E-state index contributed by atoms with van der Waals surface area (Å²) in [5, 5.41) is 3.13. The van der Waals surface area contributed by atoms with E-state index >= 15 is 0 Å². The first-order valence-corrected chi connectivity index (χ1v) is 6.76. The molecule has 1 N–H and O–H groups in total. The van der Waals surface area contributed by atoms with Crippen molar-refractivity contribution in [2.45, 2.75) is 25.5 Å². The fraction of sp³-hybridized carbons (Fsp3) is 0.538. The van der Waals surface area contributed by atoms with E-state index in [-0.39, 0.29) is 6.10 Å². The number of nitrogens with one attached hydrogen (secondary N) is 1. The van der Waals surface area contributed by atoms with Crippen LogP contribution in [0.1, 0.15) is 18.4 Å². The highest BCUT2D eigenvalue weighted by molar-refractivity contribution is 9.10. The van der Waals surface area contributed by atoms with Gasteiger partial charge >= 0.3 is 0 Å². The van der Waals surface area contributed by atoms with E-state index in [0.717, 1.165) is 36.2 Å². The van der Waals surface area contributed by atoms with Gasteiger partial charge in [-0.05, 0) is 53.5 Å². The summed E-state index contributed by atoms with van der Waals surface area (Å²) in [5.74, 6) is 0.889. The van der Waals surface area contributed by atoms with Gasteiger partial charge in [0.2, 0.25) is 0 Å². The summed E-state index contributed by atoms with van der Waals surface area (Å²) in [6.45, 7) is 2.38. The van der Waals surface area contributed by atoms with E-state index in [1.54, 1.807) is 0 Å². The Morgan fingerprint density at radius 2 is 2.41 bits per heavy atom. The zero-order chi connectivity index (χ0) is 12.1. The molecule has 3 nitrogen and oxygen atoms in total. The molecule has 2 rings (SSSR count). The Morgan fingerprint density at radius 1 is 1.53 bits per heavy atom. The highest BCUT2D eigenvalue weighted by Crippen LogP contribution is 2.26. The van der Waals surface area contributed by atoms with Gasteiger partial charge in [0.25, 0.3) is 0 Å². The van der Waals surface area contributed by atoms with Gasteiger partial charge in [-0.1, -0.05) is 6.07 Å². The van der Waals surface area contributed by atoms with Gasteiger partial charge < -0.3 is 14.8 Å². The van der Waals surface area contributed by atoms with Gasteiger partial charge in [0, 0.05) is 13.2 Å². The number of ether oxygens (including phenoxy) is 2. The lowest BCUT2D eigenvalue weighted by Crippen LogP contribution is -2.16. The van der Waals surface area contributed by atoms with E-state index in [0.29, 0.717) is 6.61 Å². The third kappa shape index (κ3) is 3.69. The molecule has 1 saturated heterocycles. The standard InChI is InChI=1S/C13H18BrNO2/c1-15-8-10-4-5-13(12(14)7-10)17-9-11-3-2-6-16-11/h4-5,7,11,15H,2-3,6,8-9H2,1H3. The molecule has 0 radical (unpaired) electrons. The van der Waals surface area contributed by atoms with E-state index in [1.807, 2.05) is 13.1 Å². The van der Waals surface area contributed by atoms with Crippen LogP contribution in [0.4, 0.5) is 0 Å². The van der Waals surface area contributed by atoms with Crippen molar-refractivity contribution in [2.75, 3.05) is 20.3 Å². The molecule has 1 fully saturated rings. The third-order valence-corrected chi connectivity index (χ3v) is 3.45. The van der Waals surface area contributed by atoms with Gasteiger partial charge in [-0.3, -0.25) is 0 Å². The number of hydrogen-bond donors (Lipinski definition) is 1. The summed E-state index contributed by atoms with van der Waals surface area (Å²) < 4.78 is 12.3. The summed E-state index contributed by atoms with van der Waals surface area (Å²) in [6, 6.07) is 6.17. The van der Waals surface area contributed by atoms with Crippen molar-refractivity contribution >= 4 is 15.9 Å². The number of benzene rings is 1. The molecule has 94 valence electrons. The van der Waals surface area contributed by atoms with Gasteiger partial charge in [-0.2, -0.15) is 0 Å². The molecule has 0 saturated carbocycles. The zero-order valence-corrected chi connectivity index (χ0v) is 11.6. The predicted molar refractivity (Wildman–Crippen MR) is 71.4 cm³/mol. The van der Waals surface area contributed by atoms with Crippen LogP contribution in [-0.4, -0.2) is 26.4 Å². The van der Waals surface area contributed by atoms with Gasteiger partial charge in [0.1, 0.15) is 12.4 Å². The first-order chi connectivity index (χ1) is 8.29. The van der Waals surface area contributed by atoms with Crippen LogP contribution in [0.2, 0.25) is 0 Å². The van der Waals surface area contributed by atoms with Crippen molar-refractivity contribution in [3.63, 3.8) is 0 Å². The maximum atomic E-state index is 5.76. The lowest BCUT2D eigenvalue weighted by atomic mass is 10.2. The normalized spacial score (nSPS) is 19.5. The van der Waals surface area contributed by atoms with Crippen LogP contribution in [0.3, 0.4) is 0 Å². The van der Waals surface area contributed by atoms with Crippen LogP contribution in [0.5, 0.6) is 5.75 Å². The van der Waals surface area contributed by atoms with Crippen molar-refractivity contribution < 1.29 is 9.47 Å². The minimum atomic E-state index is 0.263. The van der Waals surface area contributed by atoms with Gasteiger partial charge in [-0.15, -0.1) is 0 Å². The van der Waals surface area contributed by atoms with Gasteiger partial charge in [0.15, 0.2) is 0 Å². The molecular weight excluding hydrogens is 282 g/mol. The number of halogens is 1. The van der Waals surface area contributed by atoms with Crippen molar-refractivity contribution in [2.24, 2.45) is 0 Å². The van der Waals surface area contributed by atoms with E-state index in [9.17, 15) is 0 Å². The van der Waals surface area contributed by atoms with Crippen LogP contribution >= 0.6 is 15.9 Å². The molecule has 17 heavy (non-hydrogen) atoms. The number of rotatable bonds is 5. The maximum absolute atomic E-state index is 5.76. The van der Waals surface area contributed by atoms with Gasteiger partial charge in [0.05, 0.1) is 10.6 Å². The van der Waals surface area contributed by atoms with Crippen LogP contribution < -0.4 is 10.1 Å². The van der Waals surface area contributed by atoms with Crippen LogP contribution in [0.25, 0.3) is 0 Å². The molecule has 1 aromatic rings. The molecule has 0 bridgehead atoms. The second-order valence-corrected chi connectivity index (χ2v) is 5.10. The van der Waals surface area contributed by atoms with Crippen molar-refractivity contribution in [3.8, 4) is 5.75 Å². The Bertz CT molecular complexity index is 364. The second-order valence-electron chi connectivity index (χ2n) is 4.24. The Labute approximate surface area is 111 Å². The summed E-state index contributed by atoms with van der Waals surface area (Å²) in [4.78, 5) is 0. The molecule has 1 atom stereocenters. The Morgan fingerprint density at radius 3 is 3.06 bits per heavy atom. The first kappa shape index (κ1) is 12.9. The molecule has 4 heteroatoms. The SMILES string of the molecule is CNCc1ccc(OCC2CCCO2)c(Br)c1. The smallest absolute Gasteiger partial charge is 0.133 e. The highest BCUT2D eigenvalue weighted by atomic mass is 79.9. The molecule has 1 aliphatic heterocycles. The average molecular weight is 300 g/mol. The average Bonchev–Trinajstić information content (AvgIpc) is 2.81. The third-order valence-electron chi connectivity index (χ3n) is 2.83. The van der Waals surface area contributed by atoms with Crippen molar-refractivity contribution in [3.05, 3.63) is 28.2 Å². The summed E-state index contributed by atoms with van der Waals surface area (Å²) in [5.41, 5.74) is 1.24. The van der Waals surface area contributed by atoms with E-state index < -0.39 is 0 Å². The van der Waals surface area contributed by atoms with E-state index in [1.165, 1.54) is 5.56 Å². The summed E-state index contributed by atoms with van der Waals surface area (Å²) in [6.07, 6.45) is 2.52. The molecule has 0 aliphatic carbocycles. The van der Waals surface area contributed by atoms with Crippen molar-refractivity contribution in [1.82, 2.24) is 5.32 Å². The first-order valence-electron chi connectivity index (χ1n) is 5.97. The van der Waals surface area contributed by atoms with E-state index in [2.05, 4.69) is 33.4 Å². The lowest BCUT2D eigenvalue weighted by Gasteiger charge is -2.13. The Kier molecular flexibility index (Phi) is 4.83. The monoisotopic (exact) mass is 299 g/mol. The molecule has 0 amide bonds. The molecular formula is C13H18BrNO2. The summed E-state index contributed by atoms with van der Waals surface area (Å²) >= 11 is 3.53. The van der Waals surface area contributed by atoms with Crippen LogP contribution in [-0.2, 0) is 11.3 Å². The largest absolute Gasteiger partial charge is 0.490 e. The Hall–Kier alpha value is -0.580. The molecule has 1 aromatic carbocycles.